The summed E-state index contributed by atoms with van der Waals surface area (Å²) in [6.45, 7) is 2.47. The van der Waals surface area contributed by atoms with Crippen molar-refractivity contribution in [2.75, 3.05) is 20.1 Å². The molecular formula is C19H30N2. The van der Waals surface area contributed by atoms with E-state index in [1.54, 1.807) is 0 Å². The average Bonchev–Trinajstić information content (AvgIpc) is 2.54. The Kier molecular flexibility index (Phi) is 5.32. The highest BCUT2D eigenvalue weighted by atomic mass is 15.1. The molecule has 0 spiro atoms. The summed E-state index contributed by atoms with van der Waals surface area (Å²) in [5.74, 6) is 0.827. The van der Waals surface area contributed by atoms with Gasteiger partial charge in [0.2, 0.25) is 0 Å². The Hall–Kier alpha value is -0.860. The zero-order chi connectivity index (χ0) is 14.5. The summed E-state index contributed by atoms with van der Waals surface area (Å²) in [6, 6.07) is 12.4. The summed E-state index contributed by atoms with van der Waals surface area (Å²) in [4.78, 5) is 2.48. The number of rotatable bonds is 4. The number of likely N-dealkylation sites (tertiary alicyclic amines) is 1. The predicted molar refractivity (Wildman–Crippen MR) is 89.4 cm³/mol. The molecule has 116 valence electrons. The van der Waals surface area contributed by atoms with Crippen LogP contribution in [0.5, 0.6) is 0 Å². The summed E-state index contributed by atoms with van der Waals surface area (Å²) >= 11 is 0. The number of nitrogens with zero attached hydrogens (tertiary/aromatic N) is 1. The monoisotopic (exact) mass is 286 g/mol. The van der Waals surface area contributed by atoms with E-state index in [0.29, 0.717) is 12.1 Å². The summed E-state index contributed by atoms with van der Waals surface area (Å²) in [5, 5.41) is 4.03. The minimum atomic E-state index is 0.558. The fraction of sp³-hybridized carbons (Fsp3) is 0.684. The Morgan fingerprint density at radius 3 is 2.48 bits per heavy atom. The highest BCUT2D eigenvalue weighted by Crippen LogP contribution is 2.35. The molecule has 2 heteroatoms. The van der Waals surface area contributed by atoms with E-state index in [9.17, 15) is 0 Å². The maximum Gasteiger partial charge on any atom is 0.0351 e. The molecule has 2 nitrogen and oxygen atoms in total. The summed E-state index contributed by atoms with van der Waals surface area (Å²) in [7, 11) is 2.26. The summed E-state index contributed by atoms with van der Waals surface area (Å²) in [5.41, 5.74) is 1.50. The lowest BCUT2D eigenvalue weighted by molar-refractivity contribution is 0.186. The zero-order valence-electron chi connectivity index (χ0n) is 13.4. The van der Waals surface area contributed by atoms with Gasteiger partial charge in [-0.3, -0.25) is 0 Å². The van der Waals surface area contributed by atoms with Crippen LogP contribution in [-0.4, -0.2) is 31.1 Å². The lowest BCUT2D eigenvalue weighted by Gasteiger charge is -2.37. The Labute approximate surface area is 129 Å². The minimum Gasteiger partial charge on any atom is -0.306 e. The van der Waals surface area contributed by atoms with Crippen LogP contribution in [0, 0.1) is 5.92 Å². The Morgan fingerprint density at radius 1 is 1.00 bits per heavy atom. The highest BCUT2D eigenvalue weighted by molar-refractivity contribution is 5.20. The van der Waals surface area contributed by atoms with E-state index in [1.165, 1.54) is 63.6 Å². The molecular weight excluding hydrogens is 256 g/mol. The van der Waals surface area contributed by atoms with Crippen molar-refractivity contribution >= 4 is 0 Å². The molecule has 1 aromatic carbocycles. The molecule has 2 aliphatic rings. The largest absolute Gasteiger partial charge is 0.306 e. The first-order valence-corrected chi connectivity index (χ1v) is 8.82. The van der Waals surface area contributed by atoms with Crippen molar-refractivity contribution in [1.82, 2.24) is 10.2 Å². The lowest BCUT2D eigenvalue weighted by atomic mass is 9.80. The van der Waals surface area contributed by atoms with Gasteiger partial charge in [-0.15, -0.1) is 0 Å². The molecule has 2 fully saturated rings. The number of hydrogen-bond donors (Lipinski definition) is 1. The summed E-state index contributed by atoms with van der Waals surface area (Å²) in [6.07, 6.45) is 9.73. The van der Waals surface area contributed by atoms with Gasteiger partial charge in [0, 0.05) is 18.6 Å². The van der Waals surface area contributed by atoms with Crippen LogP contribution in [0.2, 0.25) is 0 Å². The van der Waals surface area contributed by atoms with E-state index >= 15 is 0 Å². The molecule has 1 aliphatic heterocycles. The highest BCUT2D eigenvalue weighted by Gasteiger charge is 2.28. The van der Waals surface area contributed by atoms with Crippen molar-refractivity contribution in [1.29, 1.82) is 0 Å². The first-order valence-electron chi connectivity index (χ1n) is 8.82. The van der Waals surface area contributed by atoms with Crippen LogP contribution in [-0.2, 0) is 0 Å². The van der Waals surface area contributed by atoms with Crippen LogP contribution in [0.3, 0.4) is 0 Å². The molecule has 1 saturated carbocycles. The van der Waals surface area contributed by atoms with E-state index in [1.807, 2.05) is 0 Å². The first kappa shape index (κ1) is 15.1. The van der Waals surface area contributed by atoms with Crippen molar-refractivity contribution in [3.8, 4) is 0 Å². The van der Waals surface area contributed by atoms with E-state index < -0.39 is 0 Å². The molecule has 1 heterocycles. The molecule has 0 radical (unpaired) electrons. The van der Waals surface area contributed by atoms with E-state index in [2.05, 4.69) is 47.6 Å². The average molecular weight is 286 g/mol. The normalized spacial score (nSPS) is 26.6. The molecule has 3 rings (SSSR count). The third-order valence-electron chi connectivity index (χ3n) is 5.32. The van der Waals surface area contributed by atoms with Crippen LogP contribution in [0.25, 0.3) is 0 Å². The molecule has 1 N–H and O–H groups in total. The van der Waals surface area contributed by atoms with Gasteiger partial charge in [-0.05, 0) is 50.8 Å². The van der Waals surface area contributed by atoms with Crippen molar-refractivity contribution < 1.29 is 0 Å². The second kappa shape index (κ2) is 7.42. The molecule has 0 amide bonds. The maximum atomic E-state index is 4.03. The van der Waals surface area contributed by atoms with E-state index in [0.717, 1.165) is 5.92 Å². The van der Waals surface area contributed by atoms with Crippen molar-refractivity contribution in [3.05, 3.63) is 35.9 Å². The smallest absolute Gasteiger partial charge is 0.0351 e. The fourth-order valence-electron chi connectivity index (χ4n) is 4.19. The molecule has 0 aromatic heterocycles. The van der Waals surface area contributed by atoms with Crippen LogP contribution in [0.1, 0.15) is 56.6 Å². The third-order valence-corrected chi connectivity index (χ3v) is 5.32. The molecule has 0 bridgehead atoms. The van der Waals surface area contributed by atoms with Crippen LogP contribution in [0.15, 0.2) is 30.3 Å². The van der Waals surface area contributed by atoms with E-state index in [4.69, 9.17) is 0 Å². The van der Waals surface area contributed by atoms with Gasteiger partial charge in [0.1, 0.15) is 0 Å². The van der Waals surface area contributed by atoms with Gasteiger partial charge in [-0.1, -0.05) is 49.6 Å². The maximum absolute atomic E-state index is 4.03. The summed E-state index contributed by atoms with van der Waals surface area (Å²) < 4.78 is 0. The van der Waals surface area contributed by atoms with E-state index in [-0.39, 0.29) is 0 Å². The standard InChI is InChI=1S/C19H30N2/c1-21-14-8-13-18(15-21)20-19(16-9-4-2-5-10-16)17-11-6-3-7-12-17/h2,4-5,9-10,17-20H,3,6-8,11-15H2,1H3. The first-order chi connectivity index (χ1) is 10.3. The molecule has 2 atom stereocenters. The second-order valence-electron chi connectivity index (χ2n) is 7.05. The predicted octanol–water partition coefficient (Wildman–Crippen LogP) is 3.99. The zero-order valence-corrected chi connectivity index (χ0v) is 13.4. The number of benzene rings is 1. The Balaban J connectivity index is 1.72. The number of nitrogens with one attached hydrogen (secondary N) is 1. The Morgan fingerprint density at radius 2 is 1.76 bits per heavy atom. The number of piperidine rings is 1. The van der Waals surface area contributed by atoms with Gasteiger partial charge in [-0.25, -0.2) is 0 Å². The SMILES string of the molecule is CN1CCCC(NC(c2ccccc2)C2CCCCC2)C1. The molecule has 1 aliphatic carbocycles. The quantitative estimate of drug-likeness (QED) is 0.900. The molecule has 1 aromatic rings. The van der Waals surface area contributed by atoms with Crippen LogP contribution in [0.4, 0.5) is 0 Å². The fourth-order valence-corrected chi connectivity index (χ4v) is 4.19. The molecule has 21 heavy (non-hydrogen) atoms. The van der Waals surface area contributed by atoms with Gasteiger partial charge in [0.05, 0.1) is 0 Å². The van der Waals surface area contributed by atoms with Crippen molar-refractivity contribution in [3.63, 3.8) is 0 Å². The van der Waals surface area contributed by atoms with Crippen LogP contribution >= 0.6 is 0 Å². The molecule has 1 saturated heterocycles. The van der Waals surface area contributed by atoms with Crippen molar-refractivity contribution in [2.45, 2.75) is 57.0 Å². The lowest BCUT2D eigenvalue weighted by Crippen LogP contribution is -2.46. The number of likely N-dealkylation sites (N-methyl/N-ethyl adjacent to an activating group) is 1. The second-order valence-corrected chi connectivity index (χ2v) is 7.05. The minimum absolute atomic E-state index is 0.558. The van der Waals surface area contributed by atoms with Crippen LogP contribution < -0.4 is 5.32 Å². The topological polar surface area (TPSA) is 15.3 Å². The van der Waals surface area contributed by atoms with Gasteiger partial charge in [-0.2, -0.15) is 0 Å². The third kappa shape index (κ3) is 4.08. The number of hydrogen-bond acceptors (Lipinski definition) is 2. The van der Waals surface area contributed by atoms with Gasteiger partial charge in [0.25, 0.3) is 0 Å². The molecule has 2 unspecified atom stereocenters. The Bertz CT molecular complexity index is 411. The van der Waals surface area contributed by atoms with Gasteiger partial charge >= 0.3 is 0 Å². The van der Waals surface area contributed by atoms with Gasteiger partial charge in [0.15, 0.2) is 0 Å². The van der Waals surface area contributed by atoms with Gasteiger partial charge < -0.3 is 10.2 Å². The van der Waals surface area contributed by atoms with Crippen molar-refractivity contribution in [2.24, 2.45) is 5.92 Å².